The van der Waals surface area contributed by atoms with E-state index in [0.29, 0.717) is 76.3 Å². The lowest BCUT2D eigenvalue weighted by molar-refractivity contribution is -0.137. The van der Waals surface area contributed by atoms with Gasteiger partial charge in [-0.2, -0.15) is 13.2 Å². The molecule has 1 aliphatic rings. The Hall–Kier alpha value is -3.70. The molecule has 0 aliphatic carbocycles. The summed E-state index contributed by atoms with van der Waals surface area (Å²) in [5, 5.41) is 11.0. The molecular weight excluding hydrogens is 660 g/mol. The van der Waals surface area contributed by atoms with Crippen molar-refractivity contribution in [3.05, 3.63) is 110 Å². The maximum Gasteiger partial charge on any atom is 0.416 e. The van der Waals surface area contributed by atoms with E-state index in [2.05, 4.69) is 14.9 Å². The second-order valence-electron chi connectivity index (χ2n) is 11.4. The highest BCUT2D eigenvalue weighted by atomic mass is 35.5. The highest BCUT2D eigenvalue weighted by molar-refractivity contribution is 6.33. The number of fused-ring (bicyclic) bond motifs is 1. The van der Waals surface area contributed by atoms with Crippen LogP contribution < -0.4 is 14.7 Å². The minimum Gasteiger partial charge on any atom is -0.392 e. The Kier molecular flexibility index (Phi) is 9.25. The number of imidazole rings is 1. The number of nitrogens with one attached hydrogen (secondary N) is 1. The van der Waals surface area contributed by atoms with E-state index in [4.69, 9.17) is 39.8 Å². The zero-order valence-corrected chi connectivity index (χ0v) is 27.0. The molecule has 7 nitrogen and oxygen atoms in total. The summed E-state index contributed by atoms with van der Waals surface area (Å²) in [7, 11) is 0. The van der Waals surface area contributed by atoms with Gasteiger partial charge in [0.15, 0.2) is 0 Å². The number of nitrogens with zero attached hydrogens (tertiary/aromatic N) is 5. The zero-order valence-electron chi connectivity index (χ0n) is 24.7. The smallest absolute Gasteiger partial charge is 0.392 e. The second kappa shape index (κ2) is 13.2. The summed E-state index contributed by atoms with van der Waals surface area (Å²) in [6.07, 6.45) is -2.98. The lowest BCUT2D eigenvalue weighted by Gasteiger charge is -2.40. The quantitative estimate of drug-likeness (QED) is 0.171. The molecule has 0 bridgehead atoms. The number of hydrogen-bond acceptors (Lipinski definition) is 6. The van der Waals surface area contributed by atoms with Crippen molar-refractivity contribution in [3.63, 3.8) is 0 Å². The van der Waals surface area contributed by atoms with Crippen molar-refractivity contribution in [1.82, 2.24) is 15.0 Å². The summed E-state index contributed by atoms with van der Waals surface area (Å²) in [4.78, 5) is 18.5. The second-order valence-corrected chi connectivity index (χ2v) is 12.6. The molecule has 0 amide bonds. The Bertz CT molecular complexity index is 1780. The number of benzene rings is 3. The highest BCUT2D eigenvalue weighted by Crippen LogP contribution is 2.39. The predicted molar refractivity (Wildman–Crippen MR) is 178 cm³/mol. The summed E-state index contributed by atoms with van der Waals surface area (Å²) in [5.41, 5.74) is 2.68. The lowest BCUT2D eigenvalue weighted by atomic mass is 10.1. The molecule has 2 aromatic heterocycles. The molecule has 3 aromatic carbocycles. The van der Waals surface area contributed by atoms with Crippen molar-refractivity contribution in [3.8, 4) is 0 Å². The van der Waals surface area contributed by atoms with E-state index in [1.807, 2.05) is 41.0 Å². The fourth-order valence-corrected chi connectivity index (χ4v) is 6.29. The number of H-pyrrole nitrogens is 1. The maximum absolute atomic E-state index is 14.3. The summed E-state index contributed by atoms with van der Waals surface area (Å²) in [6, 6.07) is 18.4. The van der Waals surface area contributed by atoms with Crippen LogP contribution in [0.15, 0.2) is 72.9 Å². The van der Waals surface area contributed by atoms with Crippen LogP contribution in [-0.4, -0.2) is 45.7 Å². The molecule has 0 unspecified atom stereocenters. The third-order valence-electron chi connectivity index (χ3n) is 8.06. The van der Waals surface area contributed by atoms with Gasteiger partial charge in [0.05, 0.1) is 28.4 Å². The first-order chi connectivity index (χ1) is 22.0. The molecule has 240 valence electrons. The fourth-order valence-electron chi connectivity index (χ4n) is 5.73. The number of aliphatic hydroxyl groups excluding tert-OH is 1. The van der Waals surface area contributed by atoms with Gasteiger partial charge in [-0.1, -0.05) is 59.1 Å². The van der Waals surface area contributed by atoms with Crippen LogP contribution in [0.25, 0.3) is 11.0 Å². The fraction of sp³-hybridized carbons (Fsp3) is 0.273. The van der Waals surface area contributed by atoms with Gasteiger partial charge in [-0.05, 0) is 66.1 Å². The van der Waals surface area contributed by atoms with Crippen molar-refractivity contribution in [2.75, 3.05) is 34.3 Å². The average Bonchev–Trinajstić information content (AvgIpc) is 3.46. The molecular formula is C33H30Cl3F3N6O. The monoisotopic (exact) mass is 688 g/mol. The van der Waals surface area contributed by atoms with Gasteiger partial charge in [0.1, 0.15) is 11.3 Å². The third-order valence-corrected chi connectivity index (χ3v) is 8.84. The van der Waals surface area contributed by atoms with Crippen LogP contribution >= 0.6 is 34.8 Å². The molecule has 1 saturated heterocycles. The molecule has 2 N–H and O–H groups in total. The summed E-state index contributed by atoms with van der Waals surface area (Å²) < 4.78 is 42.8. The van der Waals surface area contributed by atoms with Crippen molar-refractivity contribution in [1.29, 1.82) is 0 Å². The highest BCUT2D eigenvalue weighted by Gasteiger charge is 2.34. The number of hydrogen-bond donors (Lipinski definition) is 2. The minimum absolute atomic E-state index is 0.0746. The third kappa shape index (κ3) is 7.00. The number of pyridine rings is 1. The van der Waals surface area contributed by atoms with E-state index in [-0.39, 0.29) is 18.2 Å². The predicted octanol–water partition coefficient (Wildman–Crippen LogP) is 8.35. The van der Waals surface area contributed by atoms with Crippen molar-refractivity contribution in [2.45, 2.75) is 38.8 Å². The van der Waals surface area contributed by atoms with Crippen molar-refractivity contribution in [2.24, 2.45) is 0 Å². The Balaban J connectivity index is 1.37. The molecule has 3 heterocycles. The Morgan fingerprint density at radius 3 is 2.09 bits per heavy atom. The van der Waals surface area contributed by atoms with Gasteiger partial charge in [0.2, 0.25) is 5.95 Å². The van der Waals surface area contributed by atoms with Crippen molar-refractivity contribution >= 4 is 63.3 Å². The molecule has 1 aliphatic heterocycles. The van der Waals surface area contributed by atoms with E-state index >= 15 is 0 Å². The molecule has 46 heavy (non-hydrogen) atoms. The first kappa shape index (κ1) is 32.2. The first-order valence-electron chi connectivity index (χ1n) is 14.6. The number of aliphatic hydroxyl groups is 1. The molecule has 0 spiro atoms. The number of rotatable bonds is 8. The number of anilines is 3. The van der Waals surface area contributed by atoms with Gasteiger partial charge in [-0.25, -0.2) is 9.97 Å². The van der Waals surface area contributed by atoms with Crippen LogP contribution in [-0.2, 0) is 25.9 Å². The van der Waals surface area contributed by atoms with Gasteiger partial charge in [-0.15, -0.1) is 0 Å². The van der Waals surface area contributed by atoms with Gasteiger partial charge in [0, 0.05) is 55.0 Å². The van der Waals surface area contributed by atoms with Crippen molar-refractivity contribution < 1.29 is 18.3 Å². The van der Waals surface area contributed by atoms with Gasteiger partial charge >= 0.3 is 6.18 Å². The topological polar surface area (TPSA) is 71.5 Å². The standard InChI is InChI=1S/C33H30Cl3F3N6O/c1-20-16-43(31-27(36)12-23(19-46)15-40-31)10-11-45(20)32-41-28-13-24(33(37,38)39)14-29(30(28)42-32)44(17-21-2-6-25(34)7-3-21)18-22-4-8-26(35)9-5-22/h2-9,12-15,20,46H,10-11,16-19H2,1H3,(H,41,42)/t20-/m1/s1. The minimum atomic E-state index is -4.57. The summed E-state index contributed by atoms with van der Waals surface area (Å²) in [6.45, 7) is 4.14. The van der Waals surface area contributed by atoms with E-state index in [1.54, 1.807) is 36.5 Å². The molecule has 1 atom stereocenters. The van der Waals surface area contributed by atoms with Gasteiger partial charge in [-0.3, -0.25) is 0 Å². The summed E-state index contributed by atoms with van der Waals surface area (Å²) >= 11 is 18.7. The molecule has 5 aromatic rings. The summed E-state index contributed by atoms with van der Waals surface area (Å²) in [5.74, 6) is 1.10. The van der Waals surface area contributed by atoms with Crippen LogP contribution in [0.5, 0.6) is 0 Å². The van der Waals surface area contributed by atoms with E-state index in [1.165, 1.54) is 6.07 Å². The Labute approximate surface area is 279 Å². The normalized spacial score (nSPS) is 15.5. The van der Waals surface area contributed by atoms with Crippen LogP contribution in [0.2, 0.25) is 15.1 Å². The number of aromatic nitrogens is 3. The molecule has 0 saturated carbocycles. The van der Waals surface area contributed by atoms with E-state index in [0.717, 1.165) is 17.2 Å². The zero-order chi connectivity index (χ0) is 32.6. The Morgan fingerprint density at radius 2 is 1.54 bits per heavy atom. The van der Waals surface area contributed by atoms with Crippen LogP contribution in [0.4, 0.5) is 30.6 Å². The SMILES string of the molecule is C[C@@H]1CN(c2ncc(CO)cc2Cl)CCN1c1nc2c(N(Cc3ccc(Cl)cc3)Cc3ccc(Cl)cc3)cc(C(F)(F)F)cc2[nH]1. The molecule has 13 heteroatoms. The average molecular weight is 690 g/mol. The lowest BCUT2D eigenvalue weighted by Crippen LogP contribution is -2.52. The molecule has 1 fully saturated rings. The maximum atomic E-state index is 14.3. The van der Waals surface area contributed by atoms with E-state index < -0.39 is 11.7 Å². The van der Waals surface area contributed by atoms with Gasteiger partial charge < -0.3 is 24.8 Å². The number of alkyl halides is 3. The number of piperazine rings is 1. The Morgan fingerprint density at radius 1 is 0.913 bits per heavy atom. The van der Waals surface area contributed by atoms with Crippen LogP contribution in [0, 0.1) is 0 Å². The first-order valence-corrected chi connectivity index (χ1v) is 15.7. The van der Waals surface area contributed by atoms with Crippen LogP contribution in [0.1, 0.15) is 29.2 Å². The van der Waals surface area contributed by atoms with E-state index in [9.17, 15) is 18.3 Å². The number of halogens is 6. The van der Waals surface area contributed by atoms with Gasteiger partial charge in [0.25, 0.3) is 0 Å². The number of aromatic amines is 1. The largest absolute Gasteiger partial charge is 0.416 e. The molecule has 0 radical (unpaired) electrons. The molecule has 6 rings (SSSR count). The van der Waals surface area contributed by atoms with Crippen LogP contribution in [0.3, 0.4) is 0 Å².